The minimum absolute atomic E-state index is 0.688. The number of likely N-dealkylation sites (tertiary alicyclic amines) is 1. The first-order valence-corrected chi connectivity index (χ1v) is 6.73. The van der Waals surface area contributed by atoms with Crippen molar-refractivity contribution in [3.8, 4) is 0 Å². The summed E-state index contributed by atoms with van der Waals surface area (Å²) >= 11 is 0. The topological polar surface area (TPSA) is 41.3 Å². The van der Waals surface area contributed by atoms with Gasteiger partial charge in [-0.1, -0.05) is 5.16 Å². The van der Waals surface area contributed by atoms with Crippen molar-refractivity contribution in [3.05, 3.63) is 17.5 Å². The maximum Gasteiger partial charge on any atom is 0.151 e. The molecule has 0 aromatic carbocycles. The van der Waals surface area contributed by atoms with Crippen LogP contribution in [0.2, 0.25) is 0 Å². The zero-order chi connectivity index (χ0) is 11.7. The SMILES string of the molecule is CC1CCCN1Cc1cc(CNC2CC2)no1. The van der Waals surface area contributed by atoms with Crippen LogP contribution in [0.5, 0.6) is 0 Å². The molecule has 17 heavy (non-hydrogen) atoms. The first kappa shape index (κ1) is 11.2. The molecule has 1 aromatic heterocycles. The molecule has 1 atom stereocenters. The Bertz CT molecular complexity index is 372. The zero-order valence-electron chi connectivity index (χ0n) is 10.5. The summed E-state index contributed by atoms with van der Waals surface area (Å²) in [5.74, 6) is 1.01. The first-order chi connectivity index (χ1) is 8.31. The smallest absolute Gasteiger partial charge is 0.151 e. The van der Waals surface area contributed by atoms with E-state index in [1.54, 1.807) is 0 Å². The van der Waals surface area contributed by atoms with Gasteiger partial charge in [0.15, 0.2) is 5.76 Å². The summed E-state index contributed by atoms with van der Waals surface area (Å²) in [7, 11) is 0. The average Bonchev–Trinajstić information content (AvgIpc) is 2.92. The highest BCUT2D eigenvalue weighted by Crippen LogP contribution is 2.21. The molecule has 1 unspecified atom stereocenters. The summed E-state index contributed by atoms with van der Waals surface area (Å²) in [6.07, 6.45) is 5.25. The Morgan fingerprint density at radius 1 is 1.47 bits per heavy atom. The van der Waals surface area contributed by atoms with Gasteiger partial charge in [0, 0.05) is 24.7 Å². The van der Waals surface area contributed by atoms with Crippen molar-refractivity contribution in [3.63, 3.8) is 0 Å². The number of rotatable bonds is 5. The second kappa shape index (κ2) is 4.78. The lowest BCUT2D eigenvalue weighted by Gasteiger charge is -2.18. The Balaban J connectivity index is 1.52. The molecule has 3 rings (SSSR count). The molecule has 0 radical (unpaired) electrons. The van der Waals surface area contributed by atoms with E-state index < -0.39 is 0 Å². The summed E-state index contributed by atoms with van der Waals surface area (Å²) in [5, 5.41) is 7.57. The van der Waals surface area contributed by atoms with Crippen LogP contribution in [-0.2, 0) is 13.1 Å². The Morgan fingerprint density at radius 3 is 3.06 bits per heavy atom. The average molecular weight is 235 g/mol. The van der Waals surface area contributed by atoms with E-state index >= 15 is 0 Å². The third-order valence-electron chi connectivity index (χ3n) is 3.81. The Kier molecular flexibility index (Phi) is 3.16. The molecular formula is C13H21N3O. The van der Waals surface area contributed by atoms with Crippen LogP contribution < -0.4 is 5.32 Å². The van der Waals surface area contributed by atoms with Crippen molar-refractivity contribution in [2.45, 2.75) is 57.8 Å². The normalized spacial score (nSPS) is 25.6. The van der Waals surface area contributed by atoms with Gasteiger partial charge in [-0.25, -0.2) is 0 Å². The first-order valence-electron chi connectivity index (χ1n) is 6.73. The summed E-state index contributed by atoms with van der Waals surface area (Å²) < 4.78 is 5.40. The maximum absolute atomic E-state index is 5.40. The minimum atomic E-state index is 0.688. The molecule has 2 aliphatic rings. The van der Waals surface area contributed by atoms with Gasteiger partial charge in [-0.15, -0.1) is 0 Å². The lowest BCUT2D eigenvalue weighted by atomic mass is 10.2. The van der Waals surface area contributed by atoms with Crippen molar-refractivity contribution < 1.29 is 4.52 Å². The fourth-order valence-corrected chi connectivity index (χ4v) is 2.48. The summed E-state index contributed by atoms with van der Waals surface area (Å²) in [5.41, 5.74) is 1.04. The molecule has 4 nitrogen and oxygen atoms in total. The lowest BCUT2D eigenvalue weighted by Crippen LogP contribution is -2.25. The molecule has 1 aromatic rings. The molecule has 94 valence electrons. The van der Waals surface area contributed by atoms with Gasteiger partial charge >= 0.3 is 0 Å². The fraction of sp³-hybridized carbons (Fsp3) is 0.769. The van der Waals surface area contributed by atoms with Crippen LogP contribution in [0.15, 0.2) is 10.6 Å². The van der Waals surface area contributed by atoms with Crippen molar-refractivity contribution >= 4 is 0 Å². The van der Waals surface area contributed by atoms with Crippen molar-refractivity contribution in [1.82, 2.24) is 15.4 Å². The van der Waals surface area contributed by atoms with Crippen LogP contribution >= 0.6 is 0 Å². The van der Waals surface area contributed by atoms with Crippen molar-refractivity contribution in [2.24, 2.45) is 0 Å². The van der Waals surface area contributed by atoms with Gasteiger partial charge in [0.05, 0.1) is 12.2 Å². The standard InChI is InChI=1S/C13H21N3O/c1-10-3-2-6-16(10)9-13-7-12(15-17-13)8-14-11-4-5-11/h7,10-11,14H,2-6,8-9H2,1H3. The number of nitrogens with zero attached hydrogens (tertiary/aromatic N) is 2. The number of hydrogen-bond donors (Lipinski definition) is 1. The summed E-state index contributed by atoms with van der Waals surface area (Å²) in [4.78, 5) is 2.47. The van der Waals surface area contributed by atoms with Crippen LogP contribution in [-0.4, -0.2) is 28.7 Å². The van der Waals surface area contributed by atoms with Gasteiger partial charge in [0.25, 0.3) is 0 Å². The van der Waals surface area contributed by atoms with E-state index in [-0.39, 0.29) is 0 Å². The number of aromatic nitrogens is 1. The van der Waals surface area contributed by atoms with Crippen molar-refractivity contribution in [1.29, 1.82) is 0 Å². The van der Waals surface area contributed by atoms with Crippen LogP contribution in [0.1, 0.15) is 44.1 Å². The molecule has 1 saturated carbocycles. The maximum atomic E-state index is 5.40. The van der Waals surface area contributed by atoms with Gasteiger partial charge in [0.1, 0.15) is 0 Å². The van der Waals surface area contributed by atoms with Crippen LogP contribution in [0.3, 0.4) is 0 Å². The highest BCUT2D eigenvalue weighted by molar-refractivity contribution is 5.06. The summed E-state index contributed by atoms with van der Waals surface area (Å²) in [6, 6.07) is 3.52. The second-order valence-corrected chi connectivity index (χ2v) is 5.40. The molecule has 1 N–H and O–H groups in total. The van der Waals surface area contributed by atoms with Gasteiger partial charge < -0.3 is 9.84 Å². The van der Waals surface area contributed by atoms with Crippen LogP contribution in [0, 0.1) is 0 Å². The van der Waals surface area contributed by atoms with Crippen LogP contribution in [0.25, 0.3) is 0 Å². The molecule has 2 heterocycles. The molecular weight excluding hydrogens is 214 g/mol. The Hall–Kier alpha value is -0.870. The Morgan fingerprint density at radius 2 is 2.35 bits per heavy atom. The van der Waals surface area contributed by atoms with E-state index in [0.717, 1.165) is 30.6 Å². The van der Waals surface area contributed by atoms with Gasteiger partial charge in [-0.2, -0.15) is 0 Å². The minimum Gasteiger partial charge on any atom is -0.360 e. The molecule has 0 amide bonds. The van der Waals surface area contributed by atoms with E-state index in [2.05, 4.69) is 28.4 Å². The number of nitrogens with one attached hydrogen (secondary N) is 1. The fourth-order valence-electron chi connectivity index (χ4n) is 2.48. The van der Waals surface area contributed by atoms with E-state index in [1.807, 2.05) is 0 Å². The Labute approximate surface area is 102 Å². The van der Waals surface area contributed by atoms with E-state index in [4.69, 9.17) is 4.52 Å². The van der Waals surface area contributed by atoms with Crippen LogP contribution in [0.4, 0.5) is 0 Å². The number of hydrogen-bond acceptors (Lipinski definition) is 4. The molecule has 2 fully saturated rings. The molecule has 1 aliphatic carbocycles. The van der Waals surface area contributed by atoms with Gasteiger partial charge in [0.2, 0.25) is 0 Å². The van der Waals surface area contributed by atoms with E-state index in [0.29, 0.717) is 6.04 Å². The summed E-state index contributed by atoms with van der Waals surface area (Å²) in [6.45, 7) is 5.25. The lowest BCUT2D eigenvalue weighted by molar-refractivity contribution is 0.225. The third kappa shape index (κ3) is 2.87. The predicted molar refractivity (Wildman–Crippen MR) is 65.5 cm³/mol. The zero-order valence-corrected chi connectivity index (χ0v) is 10.5. The molecule has 0 bridgehead atoms. The monoisotopic (exact) mass is 235 g/mol. The quantitative estimate of drug-likeness (QED) is 0.846. The predicted octanol–water partition coefficient (Wildman–Crippen LogP) is 1.91. The third-order valence-corrected chi connectivity index (χ3v) is 3.81. The molecule has 1 aliphatic heterocycles. The highest BCUT2D eigenvalue weighted by Gasteiger charge is 2.23. The van der Waals surface area contributed by atoms with E-state index in [1.165, 1.54) is 32.2 Å². The molecule has 0 spiro atoms. The van der Waals surface area contributed by atoms with Gasteiger partial charge in [-0.05, 0) is 39.2 Å². The van der Waals surface area contributed by atoms with Gasteiger partial charge in [-0.3, -0.25) is 4.90 Å². The largest absolute Gasteiger partial charge is 0.360 e. The highest BCUT2D eigenvalue weighted by atomic mass is 16.5. The molecule has 1 saturated heterocycles. The molecule has 4 heteroatoms. The van der Waals surface area contributed by atoms with E-state index in [9.17, 15) is 0 Å². The van der Waals surface area contributed by atoms with Crippen molar-refractivity contribution in [2.75, 3.05) is 6.54 Å². The second-order valence-electron chi connectivity index (χ2n) is 5.40.